The summed E-state index contributed by atoms with van der Waals surface area (Å²) in [6, 6.07) is 5.87. The van der Waals surface area contributed by atoms with Gasteiger partial charge in [0.25, 0.3) is 0 Å². The third kappa shape index (κ3) is 3.50. The van der Waals surface area contributed by atoms with E-state index in [9.17, 15) is 0 Å². The van der Waals surface area contributed by atoms with Crippen LogP contribution in [0.15, 0.2) is 24.5 Å². The maximum atomic E-state index is 5.83. The second-order valence-electron chi connectivity index (χ2n) is 4.31. The fourth-order valence-electron chi connectivity index (χ4n) is 1.86. The number of hydrogen-bond acceptors (Lipinski definition) is 4. The summed E-state index contributed by atoms with van der Waals surface area (Å²) in [5.41, 5.74) is 1.14. The first-order valence-electron chi connectivity index (χ1n) is 6.50. The molecule has 0 atom stereocenters. The summed E-state index contributed by atoms with van der Waals surface area (Å²) in [6.45, 7) is 3.33. The van der Waals surface area contributed by atoms with E-state index in [0.717, 1.165) is 41.2 Å². The van der Waals surface area contributed by atoms with Crippen LogP contribution in [0.3, 0.4) is 0 Å². The summed E-state index contributed by atoms with van der Waals surface area (Å²) < 4.78 is 13.0. The zero-order chi connectivity index (χ0) is 14.4. The molecule has 20 heavy (non-hydrogen) atoms. The predicted molar refractivity (Wildman–Crippen MR) is 80.3 cm³/mol. The normalized spacial score (nSPS) is 10.6. The summed E-state index contributed by atoms with van der Waals surface area (Å²) in [5.74, 6) is 2.25. The second-order valence-corrected chi connectivity index (χ2v) is 4.87. The number of rotatable bonds is 7. The molecular weight excluding hydrogens is 322 g/mol. The van der Waals surface area contributed by atoms with Crippen molar-refractivity contribution in [2.45, 2.75) is 31.8 Å². The number of benzene rings is 1. The Morgan fingerprint density at radius 3 is 2.85 bits per heavy atom. The van der Waals surface area contributed by atoms with Crippen LogP contribution in [0.2, 0.25) is 0 Å². The van der Waals surface area contributed by atoms with Gasteiger partial charge in [0.15, 0.2) is 17.3 Å². The predicted octanol–water partition coefficient (Wildman–Crippen LogP) is 3.17. The number of ether oxygens (including phenoxy) is 2. The van der Waals surface area contributed by atoms with Gasteiger partial charge in [0.2, 0.25) is 0 Å². The van der Waals surface area contributed by atoms with Crippen molar-refractivity contribution in [2.75, 3.05) is 7.11 Å². The number of methoxy groups -OCH3 is 1. The van der Waals surface area contributed by atoms with Crippen molar-refractivity contribution < 1.29 is 9.47 Å². The number of aromatic nitrogens is 3. The molecule has 0 saturated heterocycles. The Hall–Kier alpha value is -1.56. The van der Waals surface area contributed by atoms with Crippen molar-refractivity contribution in [1.82, 2.24) is 14.8 Å². The molecule has 6 heteroatoms. The third-order valence-corrected chi connectivity index (χ3v) is 3.52. The molecule has 0 saturated carbocycles. The van der Waals surface area contributed by atoms with Crippen molar-refractivity contribution in [1.29, 1.82) is 0 Å². The largest absolute Gasteiger partial charge is 0.493 e. The molecule has 0 spiro atoms. The Morgan fingerprint density at radius 2 is 2.15 bits per heavy atom. The zero-order valence-corrected chi connectivity index (χ0v) is 13.3. The zero-order valence-electron chi connectivity index (χ0n) is 11.7. The molecule has 1 heterocycles. The van der Waals surface area contributed by atoms with Crippen LogP contribution in [0, 0.1) is 0 Å². The molecule has 0 amide bonds. The molecule has 0 aliphatic rings. The number of hydrogen-bond donors (Lipinski definition) is 0. The van der Waals surface area contributed by atoms with E-state index in [4.69, 9.17) is 9.47 Å². The Bertz CT molecular complexity index is 557. The topological polar surface area (TPSA) is 49.2 Å². The Morgan fingerprint density at radius 1 is 1.30 bits per heavy atom. The van der Waals surface area contributed by atoms with Crippen LogP contribution in [-0.2, 0) is 18.5 Å². The van der Waals surface area contributed by atoms with Crippen molar-refractivity contribution in [3.63, 3.8) is 0 Å². The monoisotopic (exact) mass is 339 g/mol. The molecule has 2 aromatic rings. The van der Waals surface area contributed by atoms with E-state index in [2.05, 4.69) is 32.9 Å². The Balaban J connectivity index is 2.11. The highest BCUT2D eigenvalue weighted by atomic mass is 79.9. The molecule has 0 aliphatic heterocycles. The van der Waals surface area contributed by atoms with Crippen LogP contribution in [-0.4, -0.2) is 21.9 Å². The summed E-state index contributed by atoms with van der Waals surface area (Å²) in [4.78, 5) is 4.22. The molecule has 2 rings (SSSR count). The van der Waals surface area contributed by atoms with Crippen molar-refractivity contribution >= 4 is 15.9 Å². The van der Waals surface area contributed by atoms with E-state index in [-0.39, 0.29) is 0 Å². The van der Waals surface area contributed by atoms with Gasteiger partial charge in [0.05, 0.1) is 7.11 Å². The standard InChI is InChI=1S/C14H18BrN3O2/c1-3-6-18-14(16-10-17-18)9-20-13-7-11(8-15)4-5-12(13)19-2/h4-5,7,10H,3,6,8-9H2,1-2H3. The van der Waals surface area contributed by atoms with Gasteiger partial charge in [-0.05, 0) is 24.1 Å². The highest BCUT2D eigenvalue weighted by molar-refractivity contribution is 9.08. The second kappa shape index (κ2) is 7.28. The fourth-order valence-corrected chi connectivity index (χ4v) is 2.21. The van der Waals surface area contributed by atoms with Gasteiger partial charge in [0.1, 0.15) is 12.9 Å². The van der Waals surface area contributed by atoms with E-state index in [1.807, 2.05) is 22.9 Å². The van der Waals surface area contributed by atoms with Gasteiger partial charge in [0, 0.05) is 11.9 Å². The van der Waals surface area contributed by atoms with Crippen LogP contribution in [0.4, 0.5) is 0 Å². The van der Waals surface area contributed by atoms with E-state index in [0.29, 0.717) is 6.61 Å². The fraction of sp³-hybridized carbons (Fsp3) is 0.429. The molecule has 0 aliphatic carbocycles. The molecule has 1 aromatic carbocycles. The van der Waals surface area contributed by atoms with Gasteiger partial charge < -0.3 is 9.47 Å². The number of halogens is 1. The quantitative estimate of drug-likeness (QED) is 0.727. The first kappa shape index (κ1) is 14.8. The first-order valence-corrected chi connectivity index (χ1v) is 7.63. The third-order valence-electron chi connectivity index (χ3n) is 2.87. The van der Waals surface area contributed by atoms with E-state index < -0.39 is 0 Å². The van der Waals surface area contributed by atoms with E-state index >= 15 is 0 Å². The Labute approximate surface area is 127 Å². The lowest BCUT2D eigenvalue weighted by molar-refractivity contribution is 0.268. The highest BCUT2D eigenvalue weighted by Crippen LogP contribution is 2.29. The minimum absolute atomic E-state index is 0.377. The SMILES string of the molecule is CCCn1ncnc1COc1cc(CBr)ccc1OC. The van der Waals surface area contributed by atoms with Gasteiger partial charge in [-0.15, -0.1) is 0 Å². The van der Waals surface area contributed by atoms with E-state index in [1.165, 1.54) is 0 Å². The average molecular weight is 340 g/mol. The molecule has 5 nitrogen and oxygen atoms in total. The summed E-state index contributed by atoms with van der Waals surface area (Å²) >= 11 is 3.44. The molecule has 1 aromatic heterocycles. The lowest BCUT2D eigenvalue weighted by atomic mass is 10.2. The minimum atomic E-state index is 0.377. The van der Waals surface area contributed by atoms with Gasteiger partial charge >= 0.3 is 0 Å². The molecule has 0 bridgehead atoms. The lowest BCUT2D eigenvalue weighted by Gasteiger charge is -2.12. The number of alkyl halides is 1. The molecule has 0 N–H and O–H groups in total. The van der Waals surface area contributed by atoms with Gasteiger partial charge in [-0.3, -0.25) is 0 Å². The lowest BCUT2D eigenvalue weighted by Crippen LogP contribution is -2.09. The Kier molecular flexibility index (Phi) is 5.40. The van der Waals surface area contributed by atoms with Gasteiger partial charge in [-0.2, -0.15) is 5.10 Å². The maximum absolute atomic E-state index is 5.83. The number of nitrogens with zero attached hydrogens (tertiary/aromatic N) is 3. The van der Waals surface area contributed by atoms with Crippen LogP contribution in [0.5, 0.6) is 11.5 Å². The first-order chi connectivity index (χ1) is 9.78. The summed E-state index contributed by atoms with van der Waals surface area (Å²) in [6.07, 6.45) is 2.57. The summed E-state index contributed by atoms with van der Waals surface area (Å²) in [7, 11) is 1.63. The van der Waals surface area contributed by atoms with Crippen LogP contribution >= 0.6 is 15.9 Å². The van der Waals surface area contributed by atoms with Crippen LogP contribution in [0.25, 0.3) is 0 Å². The van der Waals surface area contributed by atoms with Gasteiger partial charge in [-0.25, -0.2) is 9.67 Å². The summed E-state index contributed by atoms with van der Waals surface area (Å²) in [5, 5.41) is 4.96. The van der Waals surface area contributed by atoms with Crippen molar-refractivity contribution in [3.8, 4) is 11.5 Å². The molecular formula is C14H18BrN3O2. The minimum Gasteiger partial charge on any atom is -0.493 e. The number of aryl methyl sites for hydroxylation is 1. The maximum Gasteiger partial charge on any atom is 0.164 e. The highest BCUT2D eigenvalue weighted by Gasteiger charge is 2.09. The van der Waals surface area contributed by atoms with Crippen LogP contribution in [0.1, 0.15) is 24.7 Å². The van der Waals surface area contributed by atoms with Gasteiger partial charge in [-0.1, -0.05) is 28.9 Å². The van der Waals surface area contributed by atoms with Crippen molar-refractivity contribution in [3.05, 3.63) is 35.9 Å². The molecule has 0 fully saturated rings. The van der Waals surface area contributed by atoms with Crippen LogP contribution < -0.4 is 9.47 Å². The molecule has 0 unspecified atom stereocenters. The average Bonchev–Trinajstić information content (AvgIpc) is 2.92. The smallest absolute Gasteiger partial charge is 0.164 e. The van der Waals surface area contributed by atoms with E-state index in [1.54, 1.807) is 13.4 Å². The molecule has 0 radical (unpaired) electrons. The molecule has 108 valence electrons. The van der Waals surface area contributed by atoms with Crippen molar-refractivity contribution in [2.24, 2.45) is 0 Å².